The van der Waals surface area contributed by atoms with Gasteiger partial charge in [0.25, 0.3) is 0 Å². The molecular weight excluding hydrogens is 112 g/mol. The lowest BCUT2D eigenvalue weighted by molar-refractivity contribution is -0.109. The van der Waals surface area contributed by atoms with E-state index in [1.54, 1.807) is 10.6 Å². The Morgan fingerprint density at radius 1 is 1.12 bits per heavy atom. The standard InChI is InChI=1S/C3H4N2O3/c6-1-4-3(8)5-2-7/h1-2H,(H2,4,5,6,7,8). The van der Waals surface area contributed by atoms with Crippen LogP contribution in [0, 0.1) is 0 Å². The first kappa shape index (κ1) is 6.61. The van der Waals surface area contributed by atoms with Gasteiger partial charge in [-0.1, -0.05) is 0 Å². The van der Waals surface area contributed by atoms with Crippen LogP contribution < -0.4 is 10.6 Å². The van der Waals surface area contributed by atoms with Gasteiger partial charge in [-0.15, -0.1) is 0 Å². The fourth-order valence-electron chi connectivity index (χ4n) is 0.149. The van der Waals surface area contributed by atoms with Crippen LogP contribution in [-0.2, 0) is 9.59 Å². The number of carbonyl (C=O) groups excluding carboxylic acids is 3. The predicted molar refractivity (Wildman–Crippen MR) is 23.8 cm³/mol. The van der Waals surface area contributed by atoms with E-state index in [0.717, 1.165) is 0 Å². The molecule has 0 aliphatic rings. The molecule has 0 fully saturated rings. The second-order valence-electron chi connectivity index (χ2n) is 0.854. The molecule has 0 saturated carbocycles. The fourth-order valence-corrected chi connectivity index (χ4v) is 0.149. The van der Waals surface area contributed by atoms with Crippen LogP contribution in [-0.4, -0.2) is 18.9 Å². The Hall–Kier alpha value is -1.39. The number of rotatable bonds is 2. The summed E-state index contributed by atoms with van der Waals surface area (Å²) in [7, 11) is 0. The van der Waals surface area contributed by atoms with Crippen LogP contribution >= 0.6 is 0 Å². The van der Waals surface area contributed by atoms with Crippen LogP contribution in [0.3, 0.4) is 0 Å². The third-order valence-corrected chi connectivity index (χ3v) is 0.380. The summed E-state index contributed by atoms with van der Waals surface area (Å²) in [5, 5.41) is 3.37. The van der Waals surface area contributed by atoms with Crippen LogP contribution in [0.4, 0.5) is 4.79 Å². The van der Waals surface area contributed by atoms with Gasteiger partial charge in [-0.25, -0.2) is 4.79 Å². The highest BCUT2D eigenvalue weighted by atomic mass is 16.2. The van der Waals surface area contributed by atoms with Crippen molar-refractivity contribution in [3.05, 3.63) is 0 Å². The number of hydrogen-bond donors (Lipinski definition) is 2. The summed E-state index contributed by atoms with van der Waals surface area (Å²) >= 11 is 0. The largest absolute Gasteiger partial charge is 0.327 e. The minimum absolute atomic E-state index is 0.179. The summed E-state index contributed by atoms with van der Waals surface area (Å²) in [5.74, 6) is 0. The molecule has 0 heterocycles. The van der Waals surface area contributed by atoms with Crippen molar-refractivity contribution >= 4 is 18.9 Å². The molecule has 2 N–H and O–H groups in total. The third kappa shape index (κ3) is 2.83. The van der Waals surface area contributed by atoms with Crippen molar-refractivity contribution in [2.24, 2.45) is 0 Å². The first-order valence-electron chi connectivity index (χ1n) is 1.75. The maximum absolute atomic E-state index is 9.96. The van der Waals surface area contributed by atoms with Gasteiger partial charge in [-0.2, -0.15) is 0 Å². The molecule has 0 bridgehead atoms. The van der Waals surface area contributed by atoms with Crippen molar-refractivity contribution in [2.45, 2.75) is 0 Å². The average molecular weight is 116 g/mol. The second kappa shape index (κ2) is 3.79. The minimum Gasteiger partial charge on any atom is -0.280 e. The van der Waals surface area contributed by atoms with Crippen LogP contribution in [0.2, 0.25) is 0 Å². The number of carbonyl (C=O) groups is 3. The molecule has 44 valence electrons. The van der Waals surface area contributed by atoms with Gasteiger partial charge in [-0.05, 0) is 0 Å². The van der Waals surface area contributed by atoms with E-state index < -0.39 is 6.03 Å². The molecular formula is C3H4N2O3. The van der Waals surface area contributed by atoms with Gasteiger partial charge in [0.05, 0.1) is 0 Å². The number of hydrogen-bond acceptors (Lipinski definition) is 3. The molecule has 8 heavy (non-hydrogen) atoms. The van der Waals surface area contributed by atoms with Gasteiger partial charge in [-0.3, -0.25) is 20.2 Å². The smallest absolute Gasteiger partial charge is 0.280 e. The van der Waals surface area contributed by atoms with Gasteiger partial charge in [0, 0.05) is 0 Å². The van der Waals surface area contributed by atoms with E-state index >= 15 is 0 Å². The lowest BCUT2D eigenvalue weighted by Gasteiger charge is -1.89. The van der Waals surface area contributed by atoms with Crippen molar-refractivity contribution < 1.29 is 14.4 Å². The van der Waals surface area contributed by atoms with Crippen molar-refractivity contribution in [2.75, 3.05) is 0 Å². The van der Waals surface area contributed by atoms with Crippen LogP contribution in [0.5, 0.6) is 0 Å². The highest BCUT2D eigenvalue weighted by molar-refractivity contribution is 5.90. The van der Waals surface area contributed by atoms with Crippen LogP contribution in [0.1, 0.15) is 0 Å². The highest BCUT2D eigenvalue weighted by Gasteiger charge is 1.90. The molecule has 0 aliphatic carbocycles. The Morgan fingerprint density at radius 2 is 1.50 bits per heavy atom. The fraction of sp³-hybridized carbons (Fsp3) is 0. The summed E-state index contributed by atoms with van der Waals surface area (Å²) in [5.41, 5.74) is 0. The zero-order chi connectivity index (χ0) is 6.41. The SMILES string of the molecule is O=CNC(=O)NC=O. The van der Waals surface area contributed by atoms with Crippen LogP contribution in [0.25, 0.3) is 0 Å². The quantitative estimate of drug-likeness (QED) is 0.435. The molecule has 5 nitrogen and oxygen atoms in total. The summed E-state index contributed by atoms with van der Waals surface area (Å²) in [6.45, 7) is 0. The molecule has 0 aromatic heterocycles. The van der Waals surface area contributed by atoms with Gasteiger partial charge >= 0.3 is 6.03 Å². The molecule has 0 spiro atoms. The topological polar surface area (TPSA) is 75.3 Å². The molecule has 0 atom stereocenters. The Labute approximate surface area is 45.1 Å². The normalized spacial score (nSPS) is 7.00. The number of urea groups is 1. The van der Waals surface area contributed by atoms with E-state index in [9.17, 15) is 14.4 Å². The highest BCUT2D eigenvalue weighted by Crippen LogP contribution is 1.51. The Balaban J connectivity index is 3.32. The van der Waals surface area contributed by atoms with Gasteiger partial charge in [0.15, 0.2) is 0 Å². The first-order chi connectivity index (χ1) is 3.81. The molecule has 0 rings (SSSR count). The summed E-state index contributed by atoms with van der Waals surface area (Å²) in [6, 6.07) is -0.824. The van der Waals surface area contributed by atoms with E-state index in [4.69, 9.17) is 0 Å². The molecule has 4 amide bonds. The molecule has 0 unspecified atom stereocenters. The number of nitrogens with one attached hydrogen (secondary N) is 2. The zero-order valence-corrected chi connectivity index (χ0v) is 3.88. The summed E-state index contributed by atoms with van der Waals surface area (Å²) < 4.78 is 0. The van der Waals surface area contributed by atoms with E-state index in [1.807, 2.05) is 0 Å². The Kier molecular flexibility index (Phi) is 3.13. The van der Waals surface area contributed by atoms with E-state index in [2.05, 4.69) is 0 Å². The number of imide groups is 2. The van der Waals surface area contributed by atoms with Crippen molar-refractivity contribution in [3.63, 3.8) is 0 Å². The molecule has 5 heteroatoms. The Morgan fingerprint density at radius 3 is 1.75 bits per heavy atom. The maximum Gasteiger partial charge on any atom is 0.327 e. The van der Waals surface area contributed by atoms with E-state index in [-0.39, 0.29) is 12.8 Å². The molecule has 0 saturated heterocycles. The molecule has 0 radical (unpaired) electrons. The number of amides is 4. The van der Waals surface area contributed by atoms with Crippen LogP contribution in [0.15, 0.2) is 0 Å². The summed E-state index contributed by atoms with van der Waals surface area (Å²) in [6.07, 6.45) is 0.359. The second-order valence-corrected chi connectivity index (χ2v) is 0.854. The molecule has 0 aromatic rings. The third-order valence-electron chi connectivity index (χ3n) is 0.380. The van der Waals surface area contributed by atoms with Crippen molar-refractivity contribution in [1.29, 1.82) is 0 Å². The Bertz CT molecular complexity index is 99.1. The zero-order valence-electron chi connectivity index (χ0n) is 3.88. The monoisotopic (exact) mass is 116 g/mol. The first-order valence-corrected chi connectivity index (χ1v) is 1.75. The predicted octanol–water partition coefficient (Wildman–Crippen LogP) is -1.40. The van der Waals surface area contributed by atoms with Gasteiger partial charge in [0.1, 0.15) is 0 Å². The van der Waals surface area contributed by atoms with Crippen molar-refractivity contribution in [3.8, 4) is 0 Å². The molecule has 0 aliphatic heterocycles. The lowest BCUT2D eigenvalue weighted by atomic mass is 10.9. The van der Waals surface area contributed by atoms with E-state index in [1.165, 1.54) is 0 Å². The molecule has 0 aromatic carbocycles. The van der Waals surface area contributed by atoms with Gasteiger partial charge < -0.3 is 0 Å². The van der Waals surface area contributed by atoms with E-state index in [0.29, 0.717) is 0 Å². The van der Waals surface area contributed by atoms with Gasteiger partial charge in [0.2, 0.25) is 12.8 Å². The van der Waals surface area contributed by atoms with Crippen molar-refractivity contribution in [1.82, 2.24) is 10.6 Å². The lowest BCUT2D eigenvalue weighted by Crippen LogP contribution is -2.33. The average Bonchev–Trinajstić information content (AvgIpc) is 1.68. The maximum atomic E-state index is 9.96. The summed E-state index contributed by atoms with van der Waals surface area (Å²) in [4.78, 5) is 28.8. The minimum atomic E-state index is -0.824.